The maximum Gasteiger partial charge on any atom is 0.321 e. The van der Waals surface area contributed by atoms with Gasteiger partial charge in [-0.2, -0.15) is 17.4 Å². The third-order valence-electron chi connectivity index (χ3n) is 1.76. The first-order valence-electron chi connectivity index (χ1n) is 4.88. The number of esters is 1. The van der Waals surface area contributed by atoms with Crippen LogP contribution in [0.3, 0.4) is 0 Å². The Bertz CT molecular complexity index is 366. The highest BCUT2D eigenvalue weighted by Crippen LogP contribution is 1.95. The van der Waals surface area contributed by atoms with E-state index in [0.717, 1.165) is 4.31 Å². The van der Waals surface area contributed by atoms with Gasteiger partial charge in [-0.05, 0) is 6.92 Å². The number of carboxylic acid groups (broad SMARTS) is 1. The molecule has 0 aliphatic rings. The van der Waals surface area contributed by atoms with Crippen molar-refractivity contribution in [2.45, 2.75) is 13.3 Å². The van der Waals surface area contributed by atoms with Crippen molar-refractivity contribution in [3.8, 4) is 0 Å². The van der Waals surface area contributed by atoms with Crippen LogP contribution in [-0.2, 0) is 24.5 Å². The smallest absolute Gasteiger partial charge is 0.321 e. The predicted molar refractivity (Wildman–Crippen MR) is 58.4 cm³/mol. The van der Waals surface area contributed by atoms with E-state index < -0.39 is 28.7 Å². The molecule has 8 nitrogen and oxygen atoms in total. The molecule has 0 rings (SSSR count). The fourth-order valence-corrected chi connectivity index (χ4v) is 1.70. The fourth-order valence-electron chi connectivity index (χ4n) is 0.846. The molecule has 0 heterocycles. The third-order valence-corrected chi connectivity index (χ3v) is 3.27. The van der Waals surface area contributed by atoms with Gasteiger partial charge < -0.3 is 9.84 Å². The van der Waals surface area contributed by atoms with Gasteiger partial charge in [-0.15, -0.1) is 0 Å². The Morgan fingerprint density at radius 2 is 2.00 bits per heavy atom. The van der Waals surface area contributed by atoms with Crippen LogP contribution in [0.4, 0.5) is 0 Å². The normalized spacial score (nSPS) is 11.5. The zero-order chi connectivity index (χ0) is 13.5. The highest BCUT2D eigenvalue weighted by atomic mass is 32.2. The van der Waals surface area contributed by atoms with Crippen LogP contribution < -0.4 is 4.72 Å². The van der Waals surface area contributed by atoms with Crippen LogP contribution in [0.25, 0.3) is 0 Å². The van der Waals surface area contributed by atoms with Crippen LogP contribution in [0.2, 0.25) is 0 Å². The average Bonchev–Trinajstić information content (AvgIpc) is 2.23. The molecule has 0 saturated carbocycles. The predicted octanol–water partition coefficient (Wildman–Crippen LogP) is -1.21. The number of hydrogen-bond donors (Lipinski definition) is 2. The Hall–Kier alpha value is -1.19. The van der Waals surface area contributed by atoms with Crippen molar-refractivity contribution in [2.75, 3.05) is 26.7 Å². The van der Waals surface area contributed by atoms with E-state index in [4.69, 9.17) is 5.11 Å². The Labute approximate surface area is 99.7 Å². The van der Waals surface area contributed by atoms with E-state index in [1.54, 1.807) is 6.92 Å². The molecule has 0 aromatic carbocycles. The summed E-state index contributed by atoms with van der Waals surface area (Å²) in [6, 6.07) is 0. The van der Waals surface area contributed by atoms with Crippen molar-refractivity contribution in [3.63, 3.8) is 0 Å². The molecular formula is C8H16N2O6S. The molecule has 0 fully saturated rings. The molecule has 0 bridgehead atoms. The summed E-state index contributed by atoms with van der Waals surface area (Å²) >= 11 is 0. The van der Waals surface area contributed by atoms with Gasteiger partial charge in [0.1, 0.15) is 6.54 Å². The number of carbonyl (C=O) groups is 2. The first kappa shape index (κ1) is 15.8. The monoisotopic (exact) mass is 268 g/mol. The van der Waals surface area contributed by atoms with Crippen molar-refractivity contribution in [1.29, 1.82) is 0 Å². The first-order chi connectivity index (χ1) is 7.79. The second kappa shape index (κ2) is 7.20. The lowest BCUT2D eigenvalue weighted by molar-refractivity contribution is -0.141. The number of aliphatic carboxylic acids is 1. The lowest BCUT2D eigenvalue weighted by atomic mass is 10.4. The van der Waals surface area contributed by atoms with Crippen molar-refractivity contribution in [1.82, 2.24) is 9.03 Å². The molecule has 0 atom stereocenters. The van der Waals surface area contributed by atoms with Crippen LogP contribution in [0, 0.1) is 0 Å². The van der Waals surface area contributed by atoms with Crippen LogP contribution in [0.15, 0.2) is 0 Å². The fraction of sp³-hybridized carbons (Fsp3) is 0.750. The minimum Gasteiger partial charge on any atom is -0.481 e. The Kier molecular flexibility index (Phi) is 6.69. The summed E-state index contributed by atoms with van der Waals surface area (Å²) in [6.45, 7) is 1.11. The minimum absolute atomic E-state index is 0.162. The van der Waals surface area contributed by atoms with E-state index in [0.29, 0.717) is 0 Å². The van der Waals surface area contributed by atoms with Gasteiger partial charge in [0.05, 0.1) is 13.0 Å². The number of ether oxygens (including phenoxy) is 1. The molecule has 0 saturated heterocycles. The Balaban J connectivity index is 4.18. The number of carboxylic acids is 1. The lowest BCUT2D eigenvalue weighted by Gasteiger charge is -2.16. The second-order valence-corrected chi connectivity index (χ2v) is 4.96. The number of rotatable bonds is 8. The second-order valence-electron chi connectivity index (χ2n) is 3.10. The van der Waals surface area contributed by atoms with Crippen LogP contribution in [-0.4, -0.2) is 56.5 Å². The number of hydrogen-bond acceptors (Lipinski definition) is 5. The van der Waals surface area contributed by atoms with Crippen molar-refractivity contribution in [2.24, 2.45) is 0 Å². The van der Waals surface area contributed by atoms with Crippen molar-refractivity contribution >= 4 is 22.1 Å². The topological polar surface area (TPSA) is 113 Å². The van der Waals surface area contributed by atoms with Gasteiger partial charge in [0.25, 0.3) is 10.2 Å². The van der Waals surface area contributed by atoms with Crippen molar-refractivity contribution in [3.05, 3.63) is 0 Å². The van der Waals surface area contributed by atoms with E-state index >= 15 is 0 Å². The quantitative estimate of drug-likeness (QED) is 0.534. The Morgan fingerprint density at radius 1 is 1.41 bits per heavy atom. The largest absolute Gasteiger partial charge is 0.481 e. The first-order valence-corrected chi connectivity index (χ1v) is 6.32. The number of nitrogens with zero attached hydrogens (tertiary/aromatic N) is 1. The van der Waals surface area contributed by atoms with E-state index in [-0.39, 0.29) is 19.6 Å². The number of carbonyl (C=O) groups excluding carboxylic acids is 1. The molecule has 100 valence electrons. The summed E-state index contributed by atoms with van der Waals surface area (Å²) in [5.74, 6) is -1.79. The summed E-state index contributed by atoms with van der Waals surface area (Å²) < 4.78 is 30.3. The van der Waals surface area contributed by atoms with E-state index in [1.165, 1.54) is 7.05 Å². The van der Waals surface area contributed by atoms with Gasteiger partial charge >= 0.3 is 11.9 Å². The standard InChI is InChI=1S/C8H16N2O6S/c1-3-16-8(13)6-9-17(14,15)10(2)5-4-7(11)12/h9H,3-6H2,1-2H3,(H,11,12). The summed E-state index contributed by atoms with van der Waals surface area (Å²) in [5, 5.41) is 8.40. The van der Waals surface area contributed by atoms with Crippen LogP contribution in [0.1, 0.15) is 13.3 Å². The highest BCUT2D eigenvalue weighted by Gasteiger charge is 2.19. The van der Waals surface area contributed by atoms with Crippen molar-refractivity contribution < 1.29 is 27.9 Å². The zero-order valence-corrected chi connectivity index (χ0v) is 10.5. The SMILES string of the molecule is CCOC(=O)CNS(=O)(=O)N(C)CCC(=O)O. The molecule has 0 aromatic heterocycles. The number of nitrogens with one attached hydrogen (secondary N) is 1. The molecule has 9 heteroatoms. The molecule has 0 aromatic rings. The highest BCUT2D eigenvalue weighted by molar-refractivity contribution is 7.87. The average molecular weight is 268 g/mol. The zero-order valence-electron chi connectivity index (χ0n) is 9.67. The van der Waals surface area contributed by atoms with Crippen LogP contribution in [0.5, 0.6) is 0 Å². The van der Waals surface area contributed by atoms with Gasteiger partial charge in [-0.1, -0.05) is 0 Å². The van der Waals surface area contributed by atoms with Gasteiger partial charge in [-0.25, -0.2) is 0 Å². The third kappa shape index (κ3) is 6.87. The molecule has 0 aliphatic carbocycles. The summed E-state index contributed by atoms with van der Waals surface area (Å²) in [5.41, 5.74) is 0. The molecule has 0 aliphatic heterocycles. The minimum atomic E-state index is -3.85. The van der Waals surface area contributed by atoms with Crippen LogP contribution >= 0.6 is 0 Å². The molecular weight excluding hydrogens is 252 g/mol. The maximum atomic E-state index is 11.5. The lowest BCUT2D eigenvalue weighted by Crippen LogP contribution is -2.41. The van der Waals surface area contributed by atoms with Gasteiger partial charge in [0.15, 0.2) is 0 Å². The van der Waals surface area contributed by atoms with E-state index in [1.807, 2.05) is 4.72 Å². The molecule has 0 unspecified atom stereocenters. The van der Waals surface area contributed by atoms with E-state index in [9.17, 15) is 18.0 Å². The van der Waals surface area contributed by atoms with Gasteiger partial charge in [0, 0.05) is 13.6 Å². The Morgan fingerprint density at radius 3 is 2.47 bits per heavy atom. The molecule has 17 heavy (non-hydrogen) atoms. The summed E-state index contributed by atoms with van der Waals surface area (Å²) in [7, 11) is -2.63. The maximum absolute atomic E-state index is 11.5. The van der Waals surface area contributed by atoms with Gasteiger partial charge in [-0.3, -0.25) is 9.59 Å². The molecule has 2 N–H and O–H groups in total. The summed E-state index contributed by atoms with van der Waals surface area (Å²) in [4.78, 5) is 21.2. The van der Waals surface area contributed by atoms with E-state index in [2.05, 4.69) is 4.74 Å². The molecule has 0 radical (unpaired) electrons. The summed E-state index contributed by atoms with van der Waals surface area (Å²) in [6.07, 6.45) is -0.309. The molecule has 0 spiro atoms. The van der Waals surface area contributed by atoms with Gasteiger partial charge in [0.2, 0.25) is 0 Å². The molecule has 0 amide bonds.